The van der Waals surface area contributed by atoms with E-state index in [1.807, 2.05) is 30.3 Å². The van der Waals surface area contributed by atoms with Gasteiger partial charge in [0.05, 0.1) is 24.8 Å². The number of nitrogens with zero attached hydrogens (tertiary/aromatic N) is 4. The first-order chi connectivity index (χ1) is 15.5. The van der Waals surface area contributed by atoms with Gasteiger partial charge in [-0.05, 0) is 23.3 Å². The maximum absolute atomic E-state index is 13.0. The Hall–Kier alpha value is -3.96. The van der Waals surface area contributed by atoms with E-state index in [2.05, 4.69) is 6.07 Å². The molecule has 0 aliphatic carbocycles. The van der Waals surface area contributed by atoms with Crippen molar-refractivity contribution >= 4 is 5.91 Å². The Kier molecular flexibility index (Phi) is 7.73. The summed E-state index contributed by atoms with van der Waals surface area (Å²) in [4.78, 5) is 39.8. The third kappa shape index (κ3) is 5.80. The molecule has 1 heterocycles. The molecule has 8 nitrogen and oxygen atoms in total. The molecule has 0 unspecified atom stereocenters. The fraction of sp³-hybridized carbons (Fsp3) is 0.250. The molecule has 164 valence electrons. The van der Waals surface area contributed by atoms with Crippen LogP contribution in [0, 0.1) is 11.3 Å². The van der Waals surface area contributed by atoms with Crippen LogP contribution in [0.1, 0.15) is 16.7 Å². The molecule has 1 aromatic heterocycles. The number of carbonyl (C=O) groups excluding carboxylic acids is 1. The SMILES string of the molecule is COCCN(Cc1ccc(C#N)cc1)C(=O)Cn1c(=O)ccn(Cc2ccccc2)c1=O. The fourth-order valence-corrected chi connectivity index (χ4v) is 3.24. The van der Waals surface area contributed by atoms with Gasteiger partial charge >= 0.3 is 5.69 Å². The summed E-state index contributed by atoms with van der Waals surface area (Å²) >= 11 is 0. The topological polar surface area (TPSA) is 97.3 Å². The molecule has 0 bridgehead atoms. The summed E-state index contributed by atoms with van der Waals surface area (Å²) in [5.41, 5.74) is 1.19. The molecule has 0 spiro atoms. The second kappa shape index (κ2) is 10.9. The van der Waals surface area contributed by atoms with Gasteiger partial charge in [0.15, 0.2) is 0 Å². The van der Waals surface area contributed by atoms with Crippen LogP contribution in [0.5, 0.6) is 0 Å². The minimum absolute atomic E-state index is 0.272. The van der Waals surface area contributed by atoms with E-state index in [1.54, 1.807) is 24.3 Å². The van der Waals surface area contributed by atoms with Gasteiger partial charge in [0.25, 0.3) is 5.56 Å². The van der Waals surface area contributed by atoms with E-state index < -0.39 is 11.2 Å². The zero-order valence-electron chi connectivity index (χ0n) is 17.8. The van der Waals surface area contributed by atoms with Gasteiger partial charge in [-0.2, -0.15) is 5.26 Å². The number of carbonyl (C=O) groups is 1. The molecule has 2 aromatic carbocycles. The van der Waals surface area contributed by atoms with E-state index in [9.17, 15) is 14.4 Å². The number of rotatable bonds is 9. The summed E-state index contributed by atoms with van der Waals surface area (Å²) in [5.74, 6) is -0.372. The Morgan fingerprint density at radius 2 is 1.75 bits per heavy atom. The van der Waals surface area contributed by atoms with Gasteiger partial charge in [0, 0.05) is 32.5 Å². The summed E-state index contributed by atoms with van der Waals surface area (Å²) in [6.07, 6.45) is 1.44. The van der Waals surface area contributed by atoms with Gasteiger partial charge in [-0.3, -0.25) is 18.7 Å². The molecule has 3 rings (SSSR count). The van der Waals surface area contributed by atoms with Gasteiger partial charge in [-0.25, -0.2) is 4.79 Å². The third-order valence-electron chi connectivity index (χ3n) is 5.00. The summed E-state index contributed by atoms with van der Waals surface area (Å²) < 4.78 is 7.46. The predicted molar refractivity (Wildman–Crippen MR) is 119 cm³/mol. The smallest absolute Gasteiger partial charge is 0.331 e. The van der Waals surface area contributed by atoms with E-state index in [1.165, 1.54) is 28.8 Å². The zero-order valence-corrected chi connectivity index (χ0v) is 17.8. The van der Waals surface area contributed by atoms with Gasteiger partial charge in [0.2, 0.25) is 5.91 Å². The first kappa shape index (κ1) is 22.7. The molecule has 3 aromatic rings. The number of aromatic nitrogens is 2. The lowest BCUT2D eigenvalue weighted by Crippen LogP contribution is -2.44. The minimum atomic E-state index is -0.542. The summed E-state index contributed by atoms with van der Waals surface area (Å²) in [6.45, 7) is 0.812. The fourth-order valence-electron chi connectivity index (χ4n) is 3.24. The van der Waals surface area contributed by atoms with E-state index in [0.29, 0.717) is 25.3 Å². The van der Waals surface area contributed by atoms with Crippen LogP contribution in [0.2, 0.25) is 0 Å². The molecule has 0 N–H and O–H groups in total. The van der Waals surface area contributed by atoms with Crippen molar-refractivity contribution in [1.29, 1.82) is 5.26 Å². The van der Waals surface area contributed by atoms with Crippen LogP contribution in [0.3, 0.4) is 0 Å². The first-order valence-corrected chi connectivity index (χ1v) is 10.1. The number of hydrogen-bond acceptors (Lipinski definition) is 5. The molecule has 0 atom stereocenters. The molecule has 32 heavy (non-hydrogen) atoms. The number of ether oxygens (including phenoxy) is 1. The molecular formula is C24H24N4O4. The van der Waals surface area contributed by atoms with Crippen LogP contribution in [-0.2, 0) is 29.2 Å². The van der Waals surface area contributed by atoms with Crippen LogP contribution in [0.4, 0.5) is 0 Å². The maximum atomic E-state index is 13.0. The lowest BCUT2D eigenvalue weighted by Gasteiger charge is -2.23. The third-order valence-corrected chi connectivity index (χ3v) is 5.00. The Balaban J connectivity index is 1.81. The Morgan fingerprint density at radius 3 is 2.41 bits per heavy atom. The van der Waals surface area contributed by atoms with E-state index in [-0.39, 0.29) is 19.0 Å². The monoisotopic (exact) mass is 432 g/mol. The lowest BCUT2D eigenvalue weighted by molar-refractivity contribution is -0.133. The number of benzene rings is 2. The highest BCUT2D eigenvalue weighted by Crippen LogP contribution is 2.08. The van der Waals surface area contributed by atoms with Gasteiger partial charge in [-0.1, -0.05) is 42.5 Å². The Morgan fingerprint density at radius 1 is 1.03 bits per heavy atom. The predicted octanol–water partition coefficient (Wildman–Crippen LogP) is 1.61. The van der Waals surface area contributed by atoms with Gasteiger partial charge < -0.3 is 9.64 Å². The van der Waals surface area contributed by atoms with Crippen molar-refractivity contribution in [3.8, 4) is 6.07 Å². The molecule has 0 radical (unpaired) electrons. The van der Waals surface area contributed by atoms with E-state index in [4.69, 9.17) is 10.00 Å². The van der Waals surface area contributed by atoms with E-state index in [0.717, 1.165) is 15.7 Å². The van der Waals surface area contributed by atoms with Gasteiger partial charge in [0.1, 0.15) is 6.54 Å². The quantitative estimate of drug-likeness (QED) is 0.512. The molecule has 1 amide bonds. The normalized spacial score (nSPS) is 10.5. The van der Waals surface area contributed by atoms with Crippen molar-refractivity contribution in [2.75, 3.05) is 20.3 Å². The molecular weight excluding hydrogens is 408 g/mol. The minimum Gasteiger partial charge on any atom is -0.383 e. The van der Waals surface area contributed by atoms with Crippen LogP contribution < -0.4 is 11.2 Å². The Bertz CT molecular complexity index is 1210. The summed E-state index contributed by atoms with van der Waals surface area (Å²) in [6, 6.07) is 19.6. The van der Waals surface area contributed by atoms with Crippen LogP contribution in [0.15, 0.2) is 76.4 Å². The average molecular weight is 432 g/mol. The van der Waals surface area contributed by atoms with Crippen molar-refractivity contribution in [3.63, 3.8) is 0 Å². The number of methoxy groups -OCH3 is 1. The van der Waals surface area contributed by atoms with Crippen molar-refractivity contribution < 1.29 is 9.53 Å². The van der Waals surface area contributed by atoms with Crippen molar-refractivity contribution in [3.05, 3.63) is 104 Å². The highest BCUT2D eigenvalue weighted by Gasteiger charge is 2.17. The highest BCUT2D eigenvalue weighted by molar-refractivity contribution is 5.76. The van der Waals surface area contributed by atoms with Gasteiger partial charge in [-0.15, -0.1) is 0 Å². The van der Waals surface area contributed by atoms with Crippen LogP contribution in [-0.4, -0.2) is 40.2 Å². The van der Waals surface area contributed by atoms with Crippen molar-refractivity contribution in [2.24, 2.45) is 0 Å². The number of amides is 1. The average Bonchev–Trinajstić information content (AvgIpc) is 2.82. The van der Waals surface area contributed by atoms with Crippen molar-refractivity contribution in [2.45, 2.75) is 19.6 Å². The largest absolute Gasteiger partial charge is 0.383 e. The van der Waals surface area contributed by atoms with Crippen LogP contribution in [0.25, 0.3) is 0 Å². The second-order valence-electron chi connectivity index (χ2n) is 7.25. The number of hydrogen-bond donors (Lipinski definition) is 0. The second-order valence-corrected chi connectivity index (χ2v) is 7.25. The molecule has 8 heteroatoms. The number of nitriles is 1. The lowest BCUT2D eigenvalue weighted by atomic mass is 10.1. The first-order valence-electron chi connectivity index (χ1n) is 10.1. The molecule has 0 saturated carbocycles. The molecule has 0 saturated heterocycles. The zero-order chi connectivity index (χ0) is 22.9. The maximum Gasteiger partial charge on any atom is 0.331 e. The Labute approximate surface area is 185 Å². The van der Waals surface area contributed by atoms with Crippen LogP contribution >= 0.6 is 0 Å². The molecule has 0 fully saturated rings. The van der Waals surface area contributed by atoms with E-state index >= 15 is 0 Å². The highest BCUT2D eigenvalue weighted by atomic mass is 16.5. The molecule has 0 aliphatic heterocycles. The summed E-state index contributed by atoms with van der Waals surface area (Å²) in [7, 11) is 1.54. The standard InChI is InChI=1S/C24H24N4O4/c1-32-14-13-26(16-21-9-7-19(15-25)8-10-21)23(30)18-28-22(29)11-12-27(24(28)31)17-20-5-3-2-4-6-20/h2-12H,13-14,16-18H2,1H3. The summed E-state index contributed by atoms with van der Waals surface area (Å²) in [5, 5.41) is 8.95. The molecule has 0 aliphatic rings. The van der Waals surface area contributed by atoms with Crippen molar-refractivity contribution in [1.82, 2.24) is 14.0 Å².